The third kappa shape index (κ3) is 6.25. The predicted octanol–water partition coefficient (Wildman–Crippen LogP) is 0.855. The van der Waals surface area contributed by atoms with Gasteiger partial charge in [-0.1, -0.05) is 13.3 Å². The second kappa shape index (κ2) is 10.5. The lowest BCUT2D eigenvalue weighted by molar-refractivity contribution is -0.122. The van der Waals surface area contributed by atoms with Gasteiger partial charge in [-0.2, -0.15) is 0 Å². The minimum atomic E-state index is 0. The lowest BCUT2D eigenvalue weighted by Gasteiger charge is -2.25. The van der Waals surface area contributed by atoms with E-state index in [0.29, 0.717) is 19.5 Å². The second-order valence-corrected chi connectivity index (χ2v) is 5.85. The Balaban J connectivity index is 0.00000288. The molecular formula is C15H28IN7O. The van der Waals surface area contributed by atoms with Crippen LogP contribution in [-0.2, 0) is 18.4 Å². The van der Waals surface area contributed by atoms with Crippen LogP contribution in [0.4, 0.5) is 0 Å². The van der Waals surface area contributed by atoms with Crippen molar-refractivity contribution in [2.24, 2.45) is 12.0 Å². The fourth-order valence-corrected chi connectivity index (χ4v) is 2.32. The Morgan fingerprint density at radius 2 is 2.25 bits per heavy atom. The minimum Gasteiger partial charge on any atom is -0.356 e. The third-order valence-corrected chi connectivity index (χ3v) is 3.99. The van der Waals surface area contributed by atoms with Gasteiger partial charge in [-0.15, -0.1) is 34.2 Å². The van der Waals surface area contributed by atoms with Gasteiger partial charge < -0.3 is 20.5 Å². The highest BCUT2D eigenvalue weighted by Crippen LogP contribution is 2.03. The van der Waals surface area contributed by atoms with Gasteiger partial charge in [0.25, 0.3) is 0 Å². The zero-order valence-corrected chi connectivity index (χ0v) is 17.0. The monoisotopic (exact) mass is 449 g/mol. The molecule has 8 nitrogen and oxygen atoms in total. The highest BCUT2D eigenvalue weighted by Gasteiger charge is 2.18. The molecule has 24 heavy (non-hydrogen) atoms. The van der Waals surface area contributed by atoms with E-state index in [9.17, 15) is 4.79 Å². The van der Waals surface area contributed by atoms with Crippen molar-refractivity contribution in [1.29, 1.82) is 0 Å². The van der Waals surface area contributed by atoms with Crippen LogP contribution in [0.1, 0.15) is 44.3 Å². The van der Waals surface area contributed by atoms with Crippen molar-refractivity contribution in [2.75, 3.05) is 13.1 Å². The number of carbonyl (C=O) groups excluding carboxylic acids is 1. The first-order chi connectivity index (χ1) is 11.1. The third-order valence-electron chi connectivity index (χ3n) is 3.99. The van der Waals surface area contributed by atoms with Crippen LogP contribution in [0, 0.1) is 6.92 Å². The van der Waals surface area contributed by atoms with E-state index >= 15 is 0 Å². The zero-order chi connectivity index (χ0) is 16.7. The van der Waals surface area contributed by atoms with E-state index in [0.717, 1.165) is 43.4 Å². The van der Waals surface area contributed by atoms with E-state index in [2.05, 4.69) is 38.1 Å². The molecule has 1 aromatic rings. The summed E-state index contributed by atoms with van der Waals surface area (Å²) in [7, 11) is 1.94. The number of carbonyl (C=O) groups is 1. The highest BCUT2D eigenvalue weighted by atomic mass is 127. The Morgan fingerprint density at radius 1 is 1.46 bits per heavy atom. The molecular weight excluding hydrogens is 421 g/mol. The minimum absolute atomic E-state index is 0. The highest BCUT2D eigenvalue weighted by molar-refractivity contribution is 14.0. The number of aryl methyl sites for hydroxylation is 1. The molecule has 0 bridgehead atoms. The molecule has 1 fully saturated rings. The molecule has 1 aliphatic rings. The summed E-state index contributed by atoms with van der Waals surface area (Å²) in [5.74, 6) is 2.59. The van der Waals surface area contributed by atoms with Gasteiger partial charge in [0.15, 0.2) is 11.8 Å². The number of rotatable bonds is 6. The van der Waals surface area contributed by atoms with E-state index in [-0.39, 0.29) is 35.9 Å². The number of hydrogen-bond acceptors (Lipinski definition) is 4. The lowest BCUT2D eigenvalue weighted by atomic mass is 10.1. The normalized spacial score (nSPS) is 17.9. The number of nitrogens with one attached hydrogen (secondary N) is 3. The molecule has 1 aromatic heterocycles. The molecule has 0 radical (unpaired) electrons. The number of aromatic nitrogens is 3. The molecule has 3 N–H and O–H groups in total. The van der Waals surface area contributed by atoms with E-state index < -0.39 is 0 Å². The summed E-state index contributed by atoms with van der Waals surface area (Å²) in [6, 6.07) is 0.210. The van der Waals surface area contributed by atoms with Gasteiger partial charge in [0.1, 0.15) is 12.4 Å². The number of nitrogens with zero attached hydrogens (tertiary/aromatic N) is 4. The van der Waals surface area contributed by atoms with Crippen LogP contribution in [0.2, 0.25) is 0 Å². The molecule has 9 heteroatoms. The maximum Gasteiger partial charge on any atom is 0.220 e. The number of halogens is 1. The van der Waals surface area contributed by atoms with Crippen LogP contribution in [0.25, 0.3) is 0 Å². The van der Waals surface area contributed by atoms with Gasteiger partial charge in [-0.3, -0.25) is 4.79 Å². The Labute approximate surface area is 160 Å². The molecule has 2 rings (SSSR count). The van der Waals surface area contributed by atoms with Crippen molar-refractivity contribution in [1.82, 2.24) is 30.7 Å². The molecule has 1 saturated heterocycles. The van der Waals surface area contributed by atoms with Crippen molar-refractivity contribution >= 4 is 35.8 Å². The van der Waals surface area contributed by atoms with Crippen molar-refractivity contribution in [3.63, 3.8) is 0 Å². The lowest BCUT2D eigenvalue weighted by Crippen LogP contribution is -2.51. The van der Waals surface area contributed by atoms with Gasteiger partial charge in [0.05, 0.1) is 0 Å². The maximum atomic E-state index is 11.3. The Hall–Kier alpha value is -1.39. The summed E-state index contributed by atoms with van der Waals surface area (Å²) in [6.45, 7) is 6.06. The van der Waals surface area contributed by atoms with E-state index in [1.807, 2.05) is 18.5 Å². The first-order valence-corrected chi connectivity index (χ1v) is 8.26. The van der Waals surface area contributed by atoms with Gasteiger partial charge in [0.2, 0.25) is 5.91 Å². The molecule has 1 amide bonds. The smallest absolute Gasteiger partial charge is 0.220 e. The molecule has 0 aliphatic carbocycles. The van der Waals surface area contributed by atoms with Crippen molar-refractivity contribution < 1.29 is 4.79 Å². The van der Waals surface area contributed by atoms with Gasteiger partial charge in [-0.25, -0.2) is 4.99 Å². The Bertz CT molecular complexity index is 548. The first-order valence-electron chi connectivity index (χ1n) is 8.26. The molecule has 0 spiro atoms. The van der Waals surface area contributed by atoms with Crippen molar-refractivity contribution in [3.05, 3.63) is 11.6 Å². The summed E-state index contributed by atoms with van der Waals surface area (Å²) in [5, 5.41) is 17.8. The van der Waals surface area contributed by atoms with Gasteiger partial charge in [-0.05, 0) is 19.8 Å². The summed E-state index contributed by atoms with van der Waals surface area (Å²) in [5.41, 5.74) is 0. The molecule has 1 unspecified atom stereocenters. The van der Waals surface area contributed by atoms with Crippen molar-refractivity contribution in [3.8, 4) is 0 Å². The van der Waals surface area contributed by atoms with Gasteiger partial charge >= 0.3 is 0 Å². The zero-order valence-electron chi connectivity index (χ0n) is 14.6. The number of hydrogen-bond donors (Lipinski definition) is 3. The average Bonchev–Trinajstić information content (AvgIpc) is 2.86. The first kappa shape index (κ1) is 20.7. The molecule has 0 saturated carbocycles. The van der Waals surface area contributed by atoms with E-state index in [4.69, 9.17) is 0 Å². The number of unbranched alkanes of at least 4 members (excludes halogenated alkanes) is 1. The summed E-state index contributed by atoms with van der Waals surface area (Å²) < 4.78 is 1.94. The predicted molar refractivity (Wildman–Crippen MR) is 104 cm³/mol. The average molecular weight is 449 g/mol. The number of aliphatic imine (C=N–C) groups is 1. The standard InChI is InChI=1S/C15H27N7O.HI/c1-4-5-8-16-15(19-12-6-7-14(23)17-9-12)18-10-13-21-20-11(2)22(13)3;/h12H,4-10H2,1-3H3,(H,17,23)(H2,16,18,19);1H. The maximum absolute atomic E-state index is 11.3. The van der Waals surface area contributed by atoms with Crippen LogP contribution >= 0.6 is 24.0 Å². The van der Waals surface area contributed by atoms with Crippen LogP contribution in [0.5, 0.6) is 0 Å². The summed E-state index contributed by atoms with van der Waals surface area (Å²) in [6.07, 6.45) is 3.60. The number of piperidine rings is 1. The number of amides is 1. The molecule has 0 aromatic carbocycles. The van der Waals surface area contributed by atoms with E-state index in [1.54, 1.807) is 0 Å². The summed E-state index contributed by atoms with van der Waals surface area (Å²) in [4.78, 5) is 15.9. The fraction of sp³-hybridized carbons (Fsp3) is 0.733. The topological polar surface area (TPSA) is 96.2 Å². The Morgan fingerprint density at radius 3 is 2.83 bits per heavy atom. The Kier molecular flexibility index (Phi) is 9.01. The molecule has 2 heterocycles. The molecule has 1 aliphatic heterocycles. The van der Waals surface area contributed by atoms with Crippen LogP contribution in [-0.4, -0.2) is 45.8 Å². The van der Waals surface area contributed by atoms with E-state index in [1.165, 1.54) is 0 Å². The van der Waals surface area contributed by atoms with Crippen LogP contribution in [0.3, 0.4) is 0 Å². The molecule has 1 atom stereocenters. The number of guanidine groups is 1. The SMILES string of the molecule is CCCCNC(=NCc1nnc(C)n1C)NC1CCC(=O)NC1.I. The summed E-state index contributed by atoms with van der Waals surface area (Å²) >= 11 is 0. The van der Waals surface area contributed by atoms with Crippen LogP contribution in [0.15, 0.2) is 4.99 Å². The quantitative estimate of drug-likeness (QED) is 0.259. The molecule has 136 valence electrons. The van der Waals surface area contributed by atoms with Gasteiger partial charge in [0, 0.05) is 32.6 Å². The fourth-order valence-electron chi connectivity index (χ4n) is 2.32. The van der Waals surface area contributed by atoms with Crippen LogP contribution < -0.4 is 16.0 Å². The van der Waals surface area contributed by atoms with Crippen molar-refractivity contribution in [2.45, 2.75) is 52.1 Å². The second-order valence-electron chi connectivity index (χ2n) is 5.85. The largest absolute Gasteiger partial charge is 0.356 e.